The first-order chi connectivity index (χ1) is 14.6. The van der Waals surface area contributed by atoms with E-state index in [-0.39, 0.29) is 5.91 Å². The number of hydrogen-bond donors (Lipinski definition) is 3. The van der Waals surface area contributed by atoms with Crippen molar-refractivity contribution >= 4 is 22.4 Å². The van der Waals surface area contributed by atoms with Crippen LogP contribution >= 0.6 is 0 Å². The molecule has 0 saturated carbocycles. The molecule has 3 heterocycles. The fourth-order valence-electron chi connectivity index (χ4n) is 3.35. The number of carbonyl (C=O) groups is 1. The van der Waals surface area contributed by atoms with Gasteiger partial charge in [-0.3, -0.25) is 19.9 Å². The number of hydrogen-bond acceptors (Lipinski definition) is 6. The average molecular weight is 405 g/mol. The minimum absolute atomic E-state index is 0.110. The topological polar surface area (TPSA) is 112 Å². The number of fused-ring (bicyclic) bond motifs is 1. The van der Waals surface area contributed by atoms with Gasteiger partial charge in [0.2, 0.25) is 5.91 Å². The minimum atomic E-state index is -0.110. The Balaban J connectivity index is 1.52. The second-order valence-electron chi connectivity index (χ2n) is 6.93. The quantitative estimate of drug-likeness (QED) is 0.518. The van der Waals surface area contributed by atoms with Crippen LogP contribution in [0.25, 0.3) is 27.9 Å². The van der Waals surface area contributed by atoms with E-state index in [4.69, 9.17) is 4.74 Å². The van der Waals surface area contributed by atoms with E-state index in [1.807, 2.05) is 18.2 Å². The number of aromatic nitrogens is 5. The third-order valence-electron chi connectivity index (χ3n) is 4.85. The van der Waals surface area contributed by atoms with E-state index >= 15 is 0 Å². The van der Waals surface area contributed by atoms with Crippen molar-refractivity contribution in [3.63, 3.8) is 0 Å². The van der Waals surface area contributed by atoms with Crippen LogP contribution in [0.15, 0.2) is 55.5 Å². The SMILES string of the molecule is C=C/C(=C\C(=C)NC(=O)CN1CCOCC1)c1n[nH]c2ccc(-c3ncn[nH]3)cc12. The van der Waals surface area contributed by atoms with Gasteiger partial charge in [-0.25, -0.2) is 4.98 Å². The van der Waals surface area contributed by atoms with Crippen LogP contribution in [0, 0.1) is 0 Å². The minimum Gasteiger partial charge on any atom is -0.379 e. The Bertz CT molecular complexity index is 1090. The highest BCUT2D eigenvalue weighted by atomic mass is 16.5. The lowest BCUT2D eigenvalue weighted by Gasteiger charge is -2.25. The van der Waals surface area contributed by atoms with Crippen LogP contribution in [0.2, 0.25) is 0 Å². The van der Waals surface area contributed by atoms with Crippen molar-refractivity contribution < 1.29 is 9.53 Å². The van der Waals surface area contributed by atoms with Gasteiger partial charge in [-0.05, 0) is 24.3 Å². The molecule has 0 unspecified atom stereocenters. The molecule has 1 amide bonds. The summed E-state index contributed by atoms with van der Waals surface area (Å²) in [5.41, 5.74) is 3.70. The smallest absolute Gasteiger partial charge is 0.238 e. The Labute approximate surface area is 173 Å². The molecule has 1 aliphatic rings. The summed E-state index contributed by atoms with van der Waals surface area (Å²) in [6.45, 7) is 11.0. The van der Waals surface area contributed by atoms with Gasteiger partial charge in [0.05, 0.1) is 31.0 Å². The number of rotatable bonds is 7. The Morgan fingerprint density at radius 1 is 1.30 bits per heavy atom. The third kappa shape index (κ3) is 4.37. The van der Waals surface area contributed by atoms with E-state index in [1.54, 1.807) is 12.2 Å². The molecule has 0 bridgehead atoms. The fraction of sp³-hybridized carbons (Fsp3) is 0.238. The molecule has 154 valence electrons. The number of aromatic amines is 2. The van der Waals surface area contributed by atoms with Crippen molar-refractivity contribution in [1.82, 2.24) is 35.6 Å². The zero-order valence-electron chi connectivity index (χ0n) is 16.5. The fourth-order valence-corrected chi connectivity index (χ4v) is 3.35. The van der Waals surface area contributed by atoms with Crippen molar-refractivity contribution in [3.8, 4) is 11.4 Å². The number of nitrogens with zero attached hydrogens (tertiary/aromatic N) is 4. The Hall–Kier alpha value is -3.56. The van der Waals surface area contributed by atoms with Crippen LogP contribution in [0.4, 0.5) is 0 Å². The van der Waals surface area contributed by atoms with Crippen LogP contribution in [0.5, 0.6) is 0 Å². The molecule has 0 aliphatic carbocycles. The average Bonchev–Trinajstić information content (AvgIpc) is 3.42. The van der Waals surface area contributed by atoms with E-state index in [1.165, 1.54) is 6.33 Å². The Morgan fingerprint density at radius 3 is 2.87 bits per heavy atom. The predicted octanol–water partition coefficient (Wildman–Crippen LogP) is 1.88. The molecule has 9 heteroatoms. The highest BCUT2D eigenvalue weighted by Gasteiger charge is 2.15. The van der Waals surface area contributed by atoms with Gasteiger partial charge >= 0.3 is 0 Å². The van der Waals surface area contributed by atoms with Gasteiger partial charge in [-0.15, -0.1) is 0 Å². The van der Waals surface area contributed by atoms with Crippen LogP contribution in [-0.2, 0) is 9.53 Å². The molecule has 3 N–H and O–H groups in total. The molecule has 0 atom stereocenters. The molecule has 3 aromatic rings. The standard InChI is InChI=1S/C21H23N7O2/c1-3-15(10-14(2)24-19(29)12-28-6-8-30-9-7-28)20-17-11-16(21-22-13-23-27-21)4-5-18(17)25-26-20/h3-5,10-11,13H,1-2,6-9,12H2,(H,24,29)(H,25,26)(H,22,23,27)/b15-10+. The van der Waals surface area contributed by atoms with Crippen LogP contribution in [0.1, 0.15) is 5.69 Å². The number of allylic oxidation sites excluding steroid dienone is 3. The van der Waals surface area contributed by atoms with Gasteiger partial charge < -0.3 is 10.1 Å². The summed E-state index contributed by atoms with van der Waals surface area (Å²) in [5, 5.41) is 18.0. The normalized spacial score (nSPS) is 15.3. The third-order valence-corrected chi connectivity index (χ3v) is 4.85. The highest BCUT2D eigenvalue weighted by molar-refractivity contribution is 5.95. The number of nitrogens with one attached hydrogen (secondary N) is 3. The zero-order chi connectivity index (χ0) is 20.9. The van der Waals surface area contributed by atoms with Crippen molar-refractivity contribution in [2.45, 2.75) is 0 Å². The number of morpholine rings is 1. The molecule has 0 radical (unpaired) electrons. The van der Waals surface area contributed by atoms with Crippen molar-refractivity contribution in [1.29, 1.82) is 0 Å². The number of ether oxygens (including phenoxy) is 1. The lowest BCUT2D eigenvalue weighted by Crippen LogP contribution is -2.42. The predicted molar refractivity (Wildman–Crippen MR) is 114 cm³/mol. The van der Waals surface area contributed by atoms with Crippen LogP contribution in [0.3, 0.4) is 0 Å². The lowest BCUT2D eigenvalue weighted by atomic mass is 10.0. The first kappa shape index (κ1) is 19.7. The highest BCUT2D eigenvalue weighted by Crippen LogP contribution is 2.27. The first-order valence-corrected chi connectivity index (χ1v) is 9.61. The number of amides is 1. The molecule has 1 saturated heterocycles. The van der Waals surface area contributed by atoms with Crippen molar-refractivity contribution in [2.24, 2.45) is 0 Å². The molecular weight excluding hydrogens is 382 g/mol. The Kier molecular flexibility index (Phi) is 5.82. The van der Waals surface area contributed by atoms with Crippen LogP contribution in [-0.4, -0.2) is 69.0 Å². The number of carbonyl (C=O) groups excluding carboxylic acids is 1. The van der Waals surface area contributed by atoms with Crippen molar-refractivity contribution in [2.75, 3.05) is 32.8 Å². The molecule has 1 aromatic carbocycles. The monoisotopic (exact) mass is 405 g/mol. The second-order valence-corrected chi connectivity index (χ2v) is 6.93. The molecule has 1 aliphatic heterocycles. The summed E-state index contributed by atoms with van der Waals surface area (Å²) in [4.78, 5) is 18.6. The van der Waals surface area contributed by atoms with Gasteiger partial charge in [-0.2, -0.15) is 10.2 Å². The summed E-state index contributed by atoms with van der Waals surface area (Å²) in [6.07, 6.45) is 4.92. The van der Waals surface area contributed by atoms with Crippen LogP contribution < -0.4 is 5.32 Å². The first-order valence-electron chi connectivity index (χ1n) is 9.61. The van der Waals surface area contributed by atoms with Gasteiger partial charge in [-0.1, -0.05) is 19.2 Å². The lowest BCUT2D eigenvalue weighted by molar-refractivity contribution is -0.122. The molecule has 1 fully saturated rings. The van der Waals surface area contributed by atoms with Crippen molar-refractivity contribution in [3.05, 3.63) is 61.2 Å². The maximum atomic E-state index is 12.3. The number of benzene rings is 1. The van der Waals surface area contributed by atoms with E-state index in [0.29, 0.717) is 37.0 Å². The van der Waals surface area contributed by atoms with Gasteiger partial charge in [0.1, 0.15) is 6.33 Å². The van der Waals surface area contributed by atoms with Gasteiger partial charge in [0, 0.05) is 35.3 Å². The summed E-state index contributed by atoms with van der Waals surface area (Å²) >= 11 is 0. The van der Waals surface area contributed by atoms with Gasteiger partial charge in [0.25, 0.3) is 0 Å². The van der Waals surface area contributed by atoms with E-state index in [0.717, 1.165) is 35.1 Å². The molecule has 30 heavy (non-hydrogen) atoms. The zero-order valence-corrected chi connectivity index (χ0v) is 16.5. The maximum absolute atomic E-state index is 12.3. The summed E-state index contributed by atoms with van der Waals surface area (Å²) in [6, 6.07) is 5.85. The van der Waals surface area contributed by atoms with Gasteiger partial charge in [0.15, 0.2) is 5.82 Å². The largest absolute Gasteiger partial charge is 0.379 e. The Morgan fingerprint density at radius 2 is 2.13 bits per heavy atom. The second kappa shape index (κ2) is 8.85. The number of H-pyrrole nitrogens is 2. The van der Waals surface area contributed by atoms with E-state index in [2.05, 4.69) is 48.8 Å². The molecular formula is C21H23N7O2. The molecule has 9 nitrogen and oxygen atoms in total. The molecule has 2 aromatic heterocycles. The maximum Gasteiger partial charge on any atom is 0.238 e. The summed E-state index contributed by atoms with van der Waals surface area (Å²) in [7, 11) is 0. The summed E-state index contributed by atoms with van der Waals surface area (Å²) < 4.78 is 5.31. The molecule has 4 rings (SSSR count). The van der Waals surface area contributed by atoms with E-state index < -0.39 is 0 Å². The summed E-state index contributed by atoms with van der Waals surface area (Å²) in [5.74, 6) is 0.564. The molecule has 0 spiro atoms. The van der Waals surface area contributed by atoms with E-state index in [9.17, 15) is 4.79 Å².